The molecule has 3 rings (SSSR count). The van der Waals surface area contributed by atoms with Gasteiger partial charge in [-0.05, 0) is 38.0 Å². The second-order valence-corrected chi connectivity index (χ2v) is 6.49. The fraction of sp³-hybridized carbons (Fsp3) is 0.222. The molecule has 2 N–H and O–H groups in total. The number of aliphatic imine (C=N–C) groups is 1. The Morgan fingerprint density at radius 1 is 1.16 bits per heavy atom. The van der Waals surface area contributed by atoms with E-state index in [1.807, 2.05) is 38.1 Å². The van der Waals surface area contributed by atoms with E-state index in [-0.39, 0.29) is 11.2 Å². The standard InChI is InChI=1S/C18H18N4O3/c1-18(2)11-13-5-3-4-6-15(13)16(19-18)20-21-17(23)12-7-9-14(10-8-12)22(24)25/h3-10H,11H2,1-2H3,(H,19,20)(H,21,23). The van der Waals surface area contributed by atoms with Crippen LogP contribution in [0.1, 0.15) is 35.3 Å². The minimum atomic E-state index is -0.504. The van der Waals surface area contributed by atoms with Crippen molar-refractivity contribution in [1.29, 1.82) is 0 Å². The molecule has 0 unspecified atom stereocenters. The van der Waals surface area contributed by atoms with Crippen LogP contribution in [0.2, 0.25) is 0 Å². The first-order valence-corrected chi connectivity index (χ1v) is 7.85. The summed E-state index contributed by atoms with van der Waals surface area (Å²) < 4.78 is 0. The van der Waals surface area contributed by atoms with Gasteiger partial charge in [0.25, 0.3) is 11.6 Å². The van der Waals surface area contributed by atoms with Crippen LogP contribution in [0.4, 0.5) is 5.69 Å². The molecule has 25 heavy (non-hydrogen) atoms. The lowest BCUT2D eigenvalue weighted by Gasteiger charge is -2.29. The fourth-order valence-electron chi connectivity index (χ4n) is 2.79. The molecule has 1 amide bonds. The first-order valence-electron chi connectivity index (χ1n) is 7.85. The lowest BCUT2D eigenvalue weighted by atomic mass is 9.89. The number of carbonyl (C=O) groups is 1. The van der Waals surface area contributed by atoms with Gasteiger partial charge in [-0.3, -0.25) is 30.8 Å². The summed E-state index contributed by atoms with van der Waals surface area (Å²) in [6, 6.07) is 13.3. The number of hydrogen-bond acceptors (Lipinski definition) is 5. The third-order valence-corrected chi connectivity index (χ3v) is 3.94. The Balaban J connectivity index is 1.75. The molecule has 0 atom stereocenters. The Hall–Kier alpha value is -3.22. The lowest BCUT2D eigenvalue weighted by molar-refractivity contribution is -0.384. The Labute approximate surface area is 144 Å². The van der Waals surface area contributed by atoms with Gasteiger partial charge >= 0.3 is 0 Å². The van der Waals surface area contributed by atoms with E-state index >= 15 is 0 Å². The van der Waals surface area contributed by atoms with E-state index in [9.17, 15) is 14.9 Å². The highest BCUT2D eigenvalue weighted by Gasteiger charge is 2.26. The molecule has 1 aliphatic rings. The molecule has 1 heterocycles. The summed E-state index contributed by atoms with van der Waals surface area (Å²) in [7, 11) is 0. The summed E-state index contributed by atoms with van der Waals surface area (Å²) in [5, 5.41) is 10.7. The Morgan fingerprint density at radius 3 is 2.52 bits per heavy atom. The Morgan fingerprint density at radius 2 is 1.84 bits per heavy atom. The summed E-state index contributed by atoms with van der Waals surface area (Å²) in [5.74, 6) is 0.209. The maximum Gasteiger partial charge on any atom is 0.269 e. The second kappa shape index (κ2) is 6.35. The van der Waals surface area contributed by atoms with Crippen molar-refractivity contribution in [2.75, 3.05) is 0 Å². The molecule has 0 spiro atoms. The van der Waals surface area contributed by atoms with Crippen LogP contribution in [0, 0.1) is 10.1 Å². The highest BCUT2D eigenvalue weighted by Crippen LogP contribution is 2.25. The Kier molecular flexibility index (Phi) is 4.22. The smallest absolute Gasteiger partial charge is 0.269 e. The number of amides is 1. The first kappa shape index (κ1) is 16.6. The predicted molar refractivity (Wildman–Crippen MR) is 94.5 cm³/mol. The quantitative estimate of drug-likeness (QED) is 0.650. The fourth-order valence-corrected chi connectivity index (χ4v) is 2.79. The molecule has 128 valence electrons. The van der Waals surface area contributed by atoms with Gasteiger partial charge in [0.2, 0.25) is 0 Å². The largest absolute Gasteiger partial charge is 0.281 e. The minimum Gasteiger partial charge on any atom is -0.281 e. The van der Waals surface area contributed by atoms with Crippen molar-refractivity contribution >= 4 is 17.4 Å². The predicted octanol–water partition coefficient (Wildman–Crippen LogP) is 2.61. The van der Waals surface area contributed by atoms with Crippen LogP contribution in [-0.2, 0) is 6.42 Å². The molecular weight excluding hydrogens is 320 g/mol. The van der Waals surface area contributed by atoms with E-state index in [2.05, 4.69) is 15.8 Å². The van der Waals surface area contributed by atoms with Gasteiger partial charge in [0.05, 0.1) is 10.5 Å². The summed E-state index contributed by atoms with van der Waals surface area (Å²) >= 11 is 0. The van der Waals surface area contributed by atoms with E-state index in [0.29, 0.717) is 11.4 Å². The first-order chi connectivity index (χ1) is 11.9. The third kappa shape index (κ3) is 3.65. The van der Waals surface area contributed by atoms with E-state index in [0.717, 1.165) is 17.5 Å². The van der Waals surface area contributed by atoms with Crippen LogP contribution < -0.4 is 10.9 Å². The number of nitro groups is 1. The number of non-ortho nitro benzene ring substituents is 1. The number of hydrazine groups is 1. The van der Waals surface area contributed by atoms with Gasteiger partial charge in [0, 0.05) is 23.3 Å². The van der Waals surface area contributed by atoms with Gasteiger partial charge in [0.1, 0.15) is 5.84 Å². The second-order valence-electron chi connectivity index (χ2n) is 6.49. The van der Waals surface area contributed by atoms with Crippen LogP contribution in [0.3, 0.4) is 0 Å². The molecule has 0 radical (unpaired) electrons. The summed E-state index contributed by atoms with van der Waals surface area (Å²) in [6.45, 7) is 4.06. The maximum atomic E-state index is 12.2. The van der Waals surface area contributed by atoms with Gasteiger partial charge < -0.3 is 0 Å². The number of carbonyl (C=O) groups excluding carboxylic acids is 1. The molecule has 0 aliphatic carbocycles. The molecule has 2 aromatic rings. The Bertz CT molecular complexity index is 857. The molecule has 0 saturated heterocycles. The van der Waals surface area contributed by atoms with Gasteiger partial charge in [-0.15, -0.1) is 0 Å². The van der Waals surface area contributed by atoms with E-state index < -0.39 is 10.8 Å². The van der Waals surface area contributed by atoms with Gasteiger partial charge in [0.15, 0.2) is 0 Å². The zero-order valence-electron chi connectivity index (χ0n) is 13.9. The van der Waals surface area contributed by atoms with Crippen LogP contribution in [-0.4, -0.2) is 22.2 Å². The monoisotopic (exact) mass is 338 g/mol. The third-order valence-electron chi connectivity index (χ3n) is 3.94. The van der Waals surface area contributed by atoms with Crippen LogP contribution >= 0.6 is 0 Å². The van der Waals surface area contributed by atoms with Crippen molar-refractivity contribution in [3.8, 4) is 0 Å². The number of fused-ring (bicyclic) bond motifs is 1. The average Bonchev–Trinajstić information content (AvgIpc) is 2.58. The van der Waals surface area contributed by atoms with Crippen molar-refractivity contribution in [3.63, 3.8) is 0 Å². The average molecular weight is 338 g/mol. The highest BCUT2D eigenvalue weighted by atomic mass is 16.6. The molecule has 7 heteroatoms. The van der Waals surface area contributed by atoms with Crippen molar-refractivity contribution in [2.45, 2.75) is 25.8 Å². The summed E-state index contributed by atoms with van der Waals surface area (Å²) in [6.07, 6.45) is 0.824. The molecule has 0 fully saturated rings. The van der Waals surface area contributed by atoms with Crippen molar-refractivity contribution in [1.82, 2.24) is 10.9 Å². The van der Waals surface area contributed by atoms with E-state index in [1.54, 1.807) is 0 Å². The SMILES string of the molecule is CC1(C)Cc2ccccc2C(NNC(=O)c2ccc([N+](=O)[O-])cc2)=N1. The van der Waals surface area contributed by atoms with Crippen LogP contribution in [0.15, 0.2) is 53.5 Å². The molecular formula is C18H18N4O3. The summed E-state index contributed by atoms with van der Waals surface area (Å²) in [5.41, 5.74) is 7.60. The van der Waals surface area contributed by atoms with Crippen LogP contribution in [0.25, 0.3) is 0 Å². The van der Waals surface area contributed by atoms with Crippen molar-refractivity contribution in [2.24, 2.45) is 4.99 Å². The summed E-state index contributed by atoms with van der Waals surface area (Å²) in [4.78, 5) is 27.1. The van der Waals surface area contributed by atoms with Crippen molar-refractivity contribution < 1.29 is 9.72 Å². The number of nitrogens with one attached hydrogen (secondary N) is 2. The number of hydrogen-bond donors (Lipinski definition) is 2. The van der Waals surface area contributed by atoms with Crippen LogP contribution in [0.5, 0.6) is 0 Å². The van der Waals surface area contributed by atoms with Gasteiger partial charge in [-0.25, -0.2) is 0 Å². The molecule has 0 bridgehead atoms. The normalized spacial score (nSPS) is 14.9. The van der Waals surface area contributed by atoms with Crippen molar-refractivity contribution in [3.05, 3.63) is 75.3 Å². The molecule has 1 aliphatic heterocycles. The number of benzene rings is 2. The molecule has 0 saturated carbocycles. The number of amidine groups is 1. The van der Waals surface area contributed by atoms with Gasteiger partial charge in [-0.2, -0.15) is 0 Å². The maximum absolute atomic E-state index is 12.2. The number of nitrogens with zero attached hydrogens (tertiary/aromatic N) is 2. The minimum absolute atomic E-state index is 0.0585. The lowest BCUT2D eigenvalue weighted by Crippen LogP contribution is -2.45. The van der Waals surface area contributed by atoms with Gasteiger partial charge in [-0.1, -0.05) is 24.3 Å². The number of nitro benzene ring substituents is 1. The number of rotatable bonds is 2. The molecule has 0 aromatic heterocycles. The highest BCUT2D eigenvalue weighted by molar-refractivity contribution is 6.03. The molecule has 7 nitrogen and oxygen atoms in total. The topological polar surface area (TPSA) is 96.6 Å². The zero-order valence-corrected chi connectivity index (χ0v) is 13.9. The molecule has 2 aromatic carbocycles. The van der Waals surface area contributed by atoms with E-state index in [4.69, 9.17) is 0 Å². The van der Waals surface area contributed by atoms with E-state index in [1.165, 1.54) is 24.3 Å². The zero-order chi connectivity index (χ0) is 18.0.